The molecule has 1 amide bonds. The lowest BCUT2D eigenvalue weighted by Crippen LogP contribution is -2.42. The molecule has 0 aromatic carbocycles. The van der Waals surface area contributed by atoms with Gasteiger partial charge < -0.3 is 19.9 Å². The fourth-order valence-corrected chi connectivity index (χ4v) is 2.95. The highest BCUT2D eigenvalue weighted by Crippen LogP contribution is 2.28. The average molecular weight is 297 g/mol. The Morgan fingerprint density at radius 1 is 1.33 bits per heavy atom. The summed E-state index contributed by atoms with van der Waals surface area (Å²) in [6.07, 6.45) is 3.37. The van der Waals surface area contributed by atoms with Gasteiger partial charge in [0.1, 0.15) is 5.60 Å². The van der Waals surface area contributed by atoms with E-state index in [1.807, 2.05) is 32.7 Å². The number of carbonyl (C=O) groups excluding carboxylic acids is 1. The average Bonchev–Trinajstić information content (AvgIpc) is 3.09. The van der Waals surface area contributed by atoms with Crippen molar-refractivity contribution < 1.29 is 9.53 Å². The Bertz CT molecular complexity index is 350. The number of hydrogen-bond acceptors (Lipinski definition) is 4. The molecule has 0 aromatic rings. The maximum atomic E-state index is 12.3. The molecule has 1 N–H and O–H groups in total. The van der Waals surface area contributed by atoms with Gasteiger partial charge in [0.2, 0.25) is 0 Å². The van der Waals surface area contributed by atoms with Crippen LogP contribution in [0.25, 0.3) is 0 Å². The molecule has 5 heteroatoms. The van der Waals surface area contributed by atoms with Crippen molar-refractivity contribution in [2.75, 3.05) is 39.8 Å². The number of nitrogens with zero attached hydrogens (tertiary/aromatic N) is 2. The van der Waals surface area contributed by atoms with Crippen molar-refractivity contribution in [2.45, 2.75) is 51.7 Å². The summed E-state index contributed by atoms with van der Waals surface area (Å²) in [5, 5.41) is 3.26. The zero-order valence-electron chi connectivity index (χ0n) is 14.0. The number of rotatable bonds is 6. The van der Waals surface area contributed by atoms with E-state index in [1.54, 1.807) is 0 Å². The molecule has 122 valence electrons. The van der Waals surface area contributed by atoms with Crippen LogP contribution < -0.4 is 5.32 Å². The van der Waals surface area contributed by atoms with Gasteiger partial charge >= 0.3 is 6.09 Å². The molecule has 1 unspecified atom stereocenters. The predicted octanol–water partition coefficient (Wildman–Crippen LogP) is 1.93. The summed E-state index contributed by atoms with van der Waals surface area (Å²) in [5.74, 6) is 0.755. The third kappa shape index (κ3) is 5.47. The predicted molar refractivity (Wildman–Crippen MR) is 84.4 cm³/mol. The van der Waals surface area contributed by atoms with Gasteiger partial charge in [-0.3, -0.25) is 0 Å². The summed E-state index contributed by atoms with van der Waals surface area (Å²) in [4.78, 5) is 16.7. The van der Waals surface area contributed by atoms with Crippen LogP contribution in [-0.4, -0.2) is 67.3 Å². The zero-order valence-corrected chi connectivity index (χ0v) is 14.0. The Balaban J connectivity index is 1.77. The molecule has 0 aromatic heterocycles. The minimum Gasteiger partial charge on any atom is -0.444 e. The SMILES string of the molecule is CNCC1CCN(CCN(C(=O)OC(C)(C)C)C2CC2)C1. The van der Waals surface area contributed by atoms with E-state index in [-0.39, 0.29) is 6.09 Å². The van der Waals surface area contributed by atoms with Gasteiger partial charge in [-0.15, -0.1) is 0 Å². The van der Waals surface area contributed by atoms with Crippen molar-refractivity contribution in [3.63, 3.8) is 0 Å². The first-order valence-electron chi connectivity index (χ1n) is 8.25. The summed E-state index contributed by atoms with van der Waals surface area (Å²) in [6.45, 7) is 10.9. The molecule has 1 saturated carbocycles. The number of likely N-dealkylation sites (tertiary alicyclic amines) is 1. The van der Waals surface area contributed by atoms with Crippen LogP contribution in [0.4, 0.5) is 4.79 Å². The molecule has 1 aliphatic carbocycles. The van der Waals surface area contributed by atoms with Crippen LogP contribution in [0.15, 0.2) is 0 Å². The van der Waals surface area contributed by atoms with Gasteiger partial charge in [0.05, 0.1) is 0 Å². The van der Waals surface area contributed by atoms with Gasteiger partial charge in [-0.05, 0) is 66.1 Å². The lowest BCUT2D eigenvalue weighted by atomic mass is 10.1. The van der Waals surface area contributed by atoms with Crippen LogP contribution in [0.1, 0.15) is 40.0 Å². The number of carbonyl (C=O) groups is 1. The van der Waals surface area contributed by atoms with Gasteiger partial charge in [0, 0.05) is 25.7 Å². The summed E-state index contributed by atoms with van der Waals surface area (Å²) < 4.78 is 5.53. The van der Waals surface area contributed by atoms with Crippen LogP contribution in [0.2, 0.25) is 0 Å². The Labute approximate surface area is 129 Å². The van der Waals surface area contributed by atoms with E-state index in [9.17, 15) is 4.79 Å². The minimum atomic E-state index is -0.407. The van der Waals surface area contributed by atoms with Crippen LogP contribution in [0, 0.1) is 5.92 Å². The number of ether oxygens (including phenoxy) is 1. The van der Waals surface area contributed by atoms with Crippen molar-refractivity contribution in [1.29, 1.82) is 0 Å². The third-order valence-corrected chi connectivity index (χ3v) is 4.14. The largest absolute Gasteiger partial charge is 0.444 e. The number of amides is 1. The van der Waals surface area contributed by atoms with Gasteiger partial charge in [0.25, 0.3) is 0 Å². The van der Waals surface area contributed by atoms with E-state index in [4.69, 9.17) is 4.74 Å². The fourth-order valence-electron chi connectivity index (χ4n) is 2.95. The Morgan fingerprint density at radius 2 is 2.05 bits per heavy atom. The molecular formula is C16H31N3O2. The smallest absolute Gasteiger partial charge is 0.410 e. The lowest BCUT2D eigenvalue weighted by molar-refractivity contribution is 0.0219. The molecule has 1 aliphatic heterocycles. The first-order chi connectivity index (χ1) is 9.89. The summed E-state index contributed by atoms with van der Waals surface area (Å²) in [6, 6.07) is 0.413. The van der Waals surface area contributed by atoms with E-state index in [2.05, 4.69) is 10.2 Å². The van der Waals surface area contributed by atoms with Gasteiger partial charge in [0.15, 0.2) is 0 Å². The quantitative estimate of drug-likeness (QED) is 0.813. The first-order valence-corrected chi connectivity index (χ1v) is 8.25. The van der Waals surface area contributed by atoms with Crippen molar-refractivity contribution in [1.82, 2.24) is 15.1 Å². The van der Waals surface area contributed by atoms with Crippen molar-refractivity contribution >= 4 is 6.09 Å². The number of nitrogens with one attached hydrogen (secondary N) is 1. The second-order valence-electron chi connectivity index (χ2n) is 7.42. The molecule has 21 heavy (non-hydrogen) atoms. The van der Waals surface area contributed by atoms with Gasteiger partial charge in [-0.2, -0.15) is 0 Å². The van der Waals surface area contributed by atoms with E-state index in [0.717, 1.165) is 51.5 Å². The fraction of sp³-hybridized carbons (Fsp3) is 0.938. The topological polar surface area (TPSA) is 44.8 Å². The molecule has 2 aliphatic rings. The molecule has 0 spiro atoms. The highest BCUT2D eigenvalue weighted by atomic mass is 16.6. The molecular weight excluding hydrogens is 266 g/mol. The third-order valence-electron chi connectivity index (χ3n) is 4.14. The minimum absolute atomic E-state index is 0.143. The molecule has 0 bridgehead atoms. The highest BCUT2D eigenvalue weighted by molar-refractivity contribution is 5.69. The Hall–Kier alpha value is -0.810. The molecule has 1 atom stereocenters. The van der Waals surface area contributed by atoms with Crippen molar-refractivity contribution in [3.05, 3.63) is 0 Å². The second-order valence-corrected chi connectivity index (χ2v) is 7.42. The van der Waals surface area contributed by atoms with Crippen molar-refractivity contribution in [3.8, 4) is 0 Å². The summed E-state index contributed by atoms with van der Waals surface area (Å²) in [5.41, 5.74) is -0.407. The van der Waals surface area contributed by atoms with E-state index < -0.39 is 5.60 Å². The molecule has 1 heterocycles. The van der Waals surface area contributed by atoms with E-state index >= 15 is 0 Å². The molecule has 1 saturated heterocycles. The lowest BCUT2D eigenvalue weighted by Gasteiger charge is -2.29. The summed E-state index contributed by atoms with van der Waals surface area (Å²) in [7, 11) is 2.01. The first kappa shape index (κ1) is 16.6. The second kappa shape index (κ2) is 6.97. The zero-order chi connectivity index (χ0) is 15.5. The van der Waals surface area contributed by atoms with Gasteiger partial charge in [-0.25, -0.2) is 4.79 Å². The van der Waals surface area contributed by atoms with Crippen LogP contribution >= 0.6 is 0 Å². The normalized spacial score (nSPS) is 23.3. The maximum absolute atomic E-state index is 12.3. The summed E-state index contributed by atoms with van der Waals surface area (Å²) >= 11 is 0. The maximum Gasteiger partial charge on any atom is 0.410 e. The highest BCUT2D eigenvalue weighted by Gasteiger charge is 2.35. The van der Waals surface area contributed by atoms with Crippen LogP contribution in [0.3, 0.4) is 0 Å². The van der Waals surface area contributed by atoms with E-state index in [0.29, 0.717) is 6.04 Å². The van der Waals surface area contributed by atoms with Crippen LogP contribution in [-0.2, 0) is 4.74 Å². The number of hydrogen-bond donors (Lipinski definition) is 1. The monoisotopic (exact) mass is 297 g/mol. The Kier molecular flexibility index (Phi) is 5.49. The molecule has 0 radical (unpaired) electrons. The Morgan fingerprint density at radius 3 is 2.62 bits per heavy atom. The molecule has 2 fully saturated rings. The standard InChI is InChI=1S/C16H31N3O2/c1-16(2,3)21-15(20)19(14-5-6-14)10-9-18-8-7-13(12-18)11-17-4/h13-14,17H,5-12H2,1-4H3. The molecule has 5 nitrogen and oxygen atoms in total. The van der Waals surface area contributed by atoms with Crippen LogP contribution in [0.5, 0.6) is 0 Å². The van der Waals surface area contributed by atoms with Crippen molar-refractivity contribution in [2.24, 2.45) is 5.92 Å². The molecule has 2 rings (SSSR count). The van der Waals surface area contributed by atoms with Gasteiger partial charge in [-0.1, -0.05) is 0 Å². The van der Waals surface area contributed by atoms with E-state index in [1.165, 1.54) is 6.42 Å².